The SMILES string of the molecule is N[C@H]1CCCC[C@@H]1CCC1CN(C(=O)O)C2CCCS(=O)(=O)N1C2. The molecule has 2 heterocycles. The van der Waals surface area contributed by atoms with Crippen molar-refractivity contribution in [3.05, 3.63) is 0 Å². The number of hydrogen-bond acceptors (Lipinski definition) is 4. The molecule has 3 aliphatic rings. The monoisotopic (exact) mass is 359 g/mol. The molecule has 1 aliphatic carbocycles. The lowest BCUT2D eigenvalue weighted by molar-refractivity contribution is 0.0629. The predicted octanol–water partition coefficient (Wildman–Crippen LogP) is 1.44. The van der Waals surface area contributed by atoms with Crippen LogP contribution in [0.25, 0.3) is 0 Å². The van der Waals surface area contributed by atoms with Crippen LogP contribution in [0.4, 0.5) is 4.79 Å². The number of amides is 1. The normalized spacial score (nSPS) is 39.2. The molecular formula is C16H29N3O4S. The maximum atomic E-state index is 12.5. The van der Waals surface area contributed by atoms with E-state index in [1.54, 1.807) is 4.31 Å². The van der Waals surface area contributed by atoms with Crippen LogP contribution >= 0.6 is 0 Å². The van der Waals surface area contributed by atoms with E-state index >= 15 is 0 Å². The van der Waals surface area contributed by atoms with Crippen LogP contribution in [0.1, 0.15) is 51.4 Å². The van der Waals surface area contributed by atoms with Crippen LogP contribution in [0.3, 0.4) is 0 Å². The summed E-state index contributed by atoms with van der Waals surface area (Å²) in [6, 6.07) is -0.242. The van der Waals surface area contributed by atoms with E-state index in [0.29, 0.717) is 38.3 Å². The van der Waals surface area contributed by atoms with Gasteiger partial charge in [0.25, 0.3) is 0 Å². The number of sulfonamides is 1. The molecule has 5 atom stereocenters. The molecule has 3 unspecified atom stereocenters. The molecule has 0 spiro atoms. The maximum absolute atomic E-state index is 12.5. The van der Waals surface area contributed by atoms with Crippen molar-refractivity contribution >= 4 is 16.1 Å². The summed E-state index contributed by atoms with van der Waals surface area (Å²) < 4.78 is 26.7. The molecule has 138 valence electrons. The van der Waals surface area contributed by atoms with Crippen molar-refractivity contribution in [2.24, 2.45) is 11.7 Å². The fraction of sp³-hybridized carbons (Fsp3) is 0.938. The van der Waals surface area contributed by atoms with E-state index in [4.69, 9.17) is 5.73 Å². The highest BCUT2D eigenvalue weighted by atomic mass is 32.2. The second-order valence-electron chi connectivity index (χ2n) is 7.56. The Kier molecular flexibility index (Phi) is 5.36. The van der Waals surface area contributed by atoms with Crippen molar-refractivity contribution in [3.63, 3.8) is 0 Å². The van der Waals surface area contributed by atoms with Gasteiger partial charge in [-0.3, -0.25) is 0 Å². The Labute approximate surface area is 144 Å². The molecular weight excluding hydrogens is 330 g/mol. The summed E-state index contributed by atoms with van der Waals surface area (Å²) >= 11 is 0. The number of nitrogens with two attached hydrogens (primary N) is 1. The van der Waals surface area contributed by atoms with Crippen molar-refractivity contribution in [2.45, 2.75) is 69.5 Å². The van der Waals surface area contributed by atoms with Crippen LogP contribution in [-0.2, 0) is 10.0 Å². The van der Waals surface area contributed by atoms with Gasteiger partial charge >= 0.3 is 6.09 Å². The molecule has 24 heavy (non-hydrogen) atoms. The first-order valence-electron chi connectivity index (χ1n) is 9.13. The first-order valence-corrected chi connectivity index (χ1v) is 10.7. The van der Waals surface area contributed by atoms with Crippen LogP contribution < -0.4 is 5.73 Å². The Hall–Kier alpha value is -0.860. The number of piperazine rings is 1. The zero-order valence-electron chi connectivity index (χ0n) is 14.1. The van der Waals surface area contributed by atoms with E-state index in [0.717, 1.165) is 19.3 Å². The molecule has 2 saturated heterocycles. The third-order valence-corrected chi connectivity index (χ3v) is 7.99. The zero-order valence-corrected chi connectivity index (χ0v) is 15.0. The van der Waals surface area contributed by atoms with Crippen molar-refractivity contribution in [3.8, 4) is 0 Å². The maximum Gasteiger partial charge on any atom is 0.407 e. The summed E-state index contributed by atoms with van der Waals surface area (Å²) in [6.45, 7) is 0.608. The van der Waals surface area contributed by atoms with Crippen LogP contribution in [0, 0.1) is 5.92 Å². The van der Waals surface area contributed by atoms with Gasteiger partial charge in [-0.2, -0.15) is 4.31 Å². The average Bonchev–Trinajstić information content (AvgIpc) is 2.65. The first-order chi connectivity index (χ1) is 11.4. The number of carboxylic acid groups (broad SMARTS) is 1. The minimum absolute atomic E-state index is 0.135. The molecule has 1 saturated carbocycles. The van der Waals surface area contributed by atoms with E-state index in [-0.39, 0.29) is 23.9 Å². The summed E-state index contributed by atoms with van der Waals surface area (Å²) in [5.41, 5.74) is 6.21. The Bertz CT molecular complexity index is 568. The average molecular weight is 359 g/mol. The summed E-state index contributed by atoms with van der Waals surface area (Å²) in [7, 11) is -3.27. The lowest BCUT2D eigenvalue weighted by atomic mass is 9.81. The minimum Gasteiger partial charge on any atom is -0.465 e. The Morgan fingerprint density at radius 3 is 2.54 bits per heavy atom. The van der Waals surface area contributed by atoms with E-state index in [1.807, 2.05) is 0 Å². The van der Waals surface area contributed by atoms with E-state index in [9.17, 15) is 18.3 Å². The van der Waals surface area contributed by atoms with Gasteiger partial charge in [0.15, 0.2) is 0 Å². The van der Waals surface area contributed by atoms with Gasteiger partial charge in [-0.25, -0.2) is 13.2 Å². The van der Waals surface area contributed by atoms with Gasteiger partial charge in [-0.1, -0.05) is 12.8 Å². The number of nitrogens with zero attached hydrogens (tertiary/aromatic N) is 2. The highest BCUT2D eigenvalue weighted by molar-refractivity contribution is 7.89. The summed E-state index contributed by atoms with van der Waals surface area (Å²) in [5.74, 6) is 0.570. The largest absolute Gasteiger partial charge is 0.465 e. The van der Waals surface area contributed by atoms with Crippen molar-refractivity contribution in [1.29, 1.82) is 0 Å². The minimum atomic E-state index is -3.27. The second-order valence-corrected chi connectivity index (χ2v) is 9.60. The summed E-state index contributed by atoms with van der Waals surface area (Å²) in [6.07, 6.45) is 6.33. The number of fused-ring (bicyclic) bond motifs is 2. The molecule has 3 fully saturated rings. The third kappa shape index (κ3) is 3.70. The van der Waals surface area contributed by atoms with Gasteiger partial charge < -0.3 is 15.7 Å². The quantitative estimate of drug-likeness (QED) is 0.793. The predicted molar refractivity (Wildman–Crippen MR) is 91.2 cm³/mol. The number of carbonyl (C=O) groups is 1. The molecule has 2 aliphatic heterocycles. The highest BCUT2D eigenvalue weighted by Crippen LogP contribution is 2.32. The van der Waals surface area contributed by atoms with Crippen molar-refractivity contribution in [1.82, 2.24) is 9.21 Å². The molecule has 0 aromatic rings. The first kappa shape index (κ1) is 17.9. The fourth-order valence-electron chi connectivity index (χ4n) is 4.60. The molecule has 0 aromatic carbocycles. The highest BCUT2D eigenvalue weighted by Gasteiger charge is 2.43. The van der Waals surface area contributed by atoms with Gasteiger partial charge in [0.2, 0.25) is 10.0 Å². The van der Waals surface area contributed by atoms with Crippen LogP contribution in [0.15, 0.2) is 0 Å². The zero-order chi connectivity index (χ0) is 17.3. The number of hydrogen-bond donors (Lipinski definition) is 2. The van der Waals surface area contributed by atoms with E-state index < -0.39 is 16.1 Å². The van der Waals surface area contributed by atoms with Crippen LogP contribution in [-0.4, -0.2) is 65.8 Å². The Morgan fingerprint density at radius 2 is 1.83 bits per heavy atom. The topological polar surface area (TPSA) is 104 Å². The molecule has 2 bridgehead atoms. The molecule has 3 N–H and O–H groups in total. The molecule has 0 aromatic heterocycles. The van der Waals surface area contributed by atoms with Crippen molar-refractivity contribution in [2.75, 3.05) is 18.8 Å². The Balaban J connectivity index is 1.72. The lowest BCUT2D eigenvalue weighted by Crippen LogP contribution is -2.60. The molecule has 0 radical (unpaired) electrons. The second kappa shape index (κ2) is 7.17. The smallest absolute Gasteiger partial charge is 0.407 e. The Morgan fingerprint density at radius 1 is 1.08 bits per heavy atom. The summed E-state index contributed by atoms with van der Waals surface area (Å²) in [4.78, 5) is 13.0. The van der Waals surface area contributed by atoms with Gasteiger partial charge in [-0.15, -0.1) is 0 Å². The summed E-state index contributed by atoms with van der Waals surface area (Å²) in [5, 5.41) is 9.49. The van der Waals surface area contributed by atoms with Crippen LogP contribution in [0.5, 0.6) is 0 Å². The van der Waals surface area contributed by atoms with E-state index in [2.05, 4.69) is 0 Å². The van der Waals surface area contributed by atoms with Crippen molar-refractivity contribution < 1.29 is 18.3 Å². The lowest BCUT2D eigenvalue weighted by Gasteiger charge is -2.43. The van der Waals surface area contributed by atoms with Gasteiger partial charge in [0.1, 0.15) is 0 Å². The molecule has 7 nitrogen and oxygen atoms in total. The van der Waals surface area contributed by atoms with Crippen LogP contribution in [0.2, 0.25) is 0 Å². The van der Waals surface area contributed by atoms with E-state index in [1.165, 1.54) is 17.7 Å². The fourth-order valence-corrected chi connectivity index (χ4v) is 6.39. The standard InChI is InChI=1S/C16H29N3O4S/c17-15-6-2-1-4-12(15)7-8-14-10-18(16(20)21)13-5-3-9-24(22,23)19(14)11-13/h12-15H,1-11,17H2,(H,20,21)/t12-,13?,14?,15+/m1/s1. The molecule has 8 heteroatoms. The third-order valence-electron chi connectivity index (χ3n) is 6.03. The molecule has 3 rings (SSSR count). The van der Waals surface area contributed by atoms with Gasteiger partial charge in [0.05, 0.1) is 5.75 Å². The van der Waals surface area contributed by atoms with Gasteiger partial charge in [0, 0.05) is 31.2 Å². The van der Waals surface area contributed by atoms with Gasteiger partial charge in [-0.05, 0) is 44.4 Å². The number of rotatable bonds is 3. The molecule has 1 amide bonds.